The van der Waals surface area contributed by atoms with Crippen molar-refractivity contribution in [3.63, 3.8) is 0 Å². The Morgan fingerprint density at radius 1 is 1.33 bits per heavy atom. The first-order valence-corrected chi connectivity index (χ1v) is 5.49. The van der Waals surface area contributed by atoms with Gasteiger partial charge in [-0.1, -0.05) is 33.6 Å². The fourth-order valence-electron chi connectivity index (χ4n) is 1.29. The second-order valence-electron chi connectivity index (χ2n) is 4.20. The molecule has 0 spiro atoms. The lowest BCUT2D eigenvalue weighted by Crippen LogP contribution is -2.41. The van der Waals surface area contributed by atoms with Crippen LogP contribution in [0.15, 0.2) is 0 Å². The van der Waals surface area contributed by atoms with Crippen molar-refractivity contribution in [3.8, 4) is 0 Å². The van der Waals surface area contributed by atoms with Crippen LogP contribution in [0.25, 0.3) is 0 Å². The molecule has 4 heteroatoms. The number of nitrogens with one attached hydrogen (secondary N) is 1. The van der Waals surface area contributed by atoms with Crippen molar-refractivity contribution in [3.05, 3.63) is 0 Å². The Labute approximate surface area is 91.1 Å². The average Bonchev–Trinajstić information content (AvgIpc) is 2.10. The van der Waals surface area contributed by atoms with Crippen LogP contribution in [0.3, 0.4) is 0 Å². The lowest BCUT2D eigenvalue weighted by Gasteiger charge is -2.14. The van der Waals surface area contributed by atoms with Gasteiger partial charge in [-0.3, -0.25) is 4.79 Å². The Morgan fingerprint density at radius 3 is 2.33 bits per heavy atom. The lowest BCUT2D eigenvalue weighted by atomic mass is 10.1. The van der Waals surface area contributed by atoms with Gasteiger partial charge in [0.1, 0.15) is 6.04 Å². The van der Waals surface area contributed by atoms with Crippen molar-refractivity contribution in [1.29, 1.82) is 0 Å². The highest BCUT2D eigenvalue weighted by Crippen LogP contribution is 2.03. The van der Waals surface area contributed by atoms with Crippen LogP contribution in [-0.4, -0.2) is 23.0 Å². The monoisotopic (exact) mass is 215 g/mol. The summed E-state index contributed by atoms with van der Waals surface area (Å²) in [5.41, 5.74) is 0. The topological polar surface area (TPSA) is 66.4 Å². The normalized spacial score (nSPS) is 12.5. The Morgan fingerprint density at radius 2 is 1.93 bits per heavy atom. The lowest BCUT2D eigenvalue weighted by molar-refractivity contribution is -0.142. The van der Waals surface area contributed by atoms with Crippen molar-refractivity contribution in [2.24, 2.45) is 5.92 Å². The first kappa shape index (κ1) is 13.9. The van der Waals surface area contributed by atoms with Gasteiger partial charge in [-0.25, -0.2) is 4.79 Å². The minimum absolute atomic E-state index is 0.173. The second-order valence-corrected chi connectivity index (χ2v) is 4.20. The fraction of sp³-hybridized carbons (Fsp3) is 0.818. The molecule has 0 aliphatic rings. The van der Waals surface area contributed by atoms with E-state index in [0.29, 0.717) is 12.8 Å². The second kappa shape index (κ2) is 7.26. The number of carbonyl (C=O) groups excluding carboxylic acids is 1. The van der Waals surface area contributed by atoms with Crippen LogP contribution >= 0.6 is 0 Å². The summed E-state index contributed by atoms with van der Waals surface area (Å²) in [6.07, 6.45) is 2.65. The van der Waals surface area contributed by atoms with E-state index in [1.54, 1.807) is 0 Å². The third-order valence-corrected chi connectivity index (χ3v) is 2.07. The van der Waals surface area contributed by atoms with Crippen LogP contribution in [0, 0.1) is 5.92 Å². The molecule has 1 amide bonds. The van der Waals surface area contributed by atoms with Crippen molar-refractivity contribution in [1.82, 2.24) is 5.32 Å². The summed E-state index contributed by atoms with van der Waals surface area (Å²) in [5, 5.41) is 11.4. The number of carboxylic acid groups (broad SMARTS) is 1. The molecule has 0 aromatic heterocycles. The summed E-state index contributed by atoms with van der Waals surface area (Å²) in [6, 6.07) is -0.726. The molecule has 2 N–H and O–H groups in total. The quantitative estimate of drug-likeness (QED) is 0.680. The number of hydrogen-bond acceptors (Lipinski definition) is 2. The summed E-state index contributed by atoms with van der Waals surface area (Å²) in [6.45, 7) is 5.86. The number of amides is 1. The number of carboxylic acids is 1. The summed E-state index contributed by atoms with van der Waals surface area (Å²) >= 11 is 0. The molecule has 0 aromatic carbocycles. The highest BCUT2D eigenvalue weighted by Gasteiger charge is 2.19. The van der Waals surface area contributed by atoms with Gasteiger partial charge in [0.2, 0.25) is 5.91 Å². The summed E-state index contributed by atoms with van der Waals surface area (Å²) < 4.78 is 0. The Kier molecular flexibility index (Phi) is 6.75. The maximum atomic E-state index is 11.4. The van der Waals surface area contributed by atoms with Gasteiger partial charge in [0.05, 0.1) is 0 Å². The van der Waals surface area contributed by atoms with Gasteiger partial charge in [0.15, 0.2) is 0 Å². The molecule has 4 nitrogen and oxygen atoms in total. The van der Waals surface area contributed by atoms with E-state index in [-0.39, 0.29) is 11.8 Å². The van der Waals surface area contributed by atoms with E-state index >= 15 is 0 Å². The maximum absolute atomic E-state index is 11.4. The van der Waals surface area contributed by atoms with Crippen molar-refractivity contribution < 1.29 is 14.7 Å². The van der Waals surface area contributed by atoms with Crippen LogP contribution < -0.4 is 5.32 Å². The Bertz CT molecular complexity index is 214. The molecular weight excluding hydrogens is 194 g/mol. The summed E-state index contributed by atoms with van der Waals surface area (Å²) in [5.74, 6) is -0.861. The maximum Gasteiger partial charge on any atom is 0.326 e. The van der Waals surface area contributed by atoms with E-state index in [2.05, 4.69) is 5.32 Å². The molecule has 0 heterocycles. The Balaban J connectivity index is 4.04. The Hall–Kier alpha value is -1.06. The first-order chi connectivity index (χ1) is 6.97. The summed E-state index contributed by atoms with van der Waals surface area (Å²) in [7, 11) is 0. The highest BCUT2D eigenvalue weighted by molar-refractivity contribution is 5.83. The van der Waals surface area contributed by atoms with Gasteiger partial charge in [0.25, 0.3) is 0 Å². The van der Waals surface area contributed by atoms with Gasteiger partial charge < -0.3 is 10.4 Å². The van der Waals surface area contributed by atoms with E-state index in [0.717, 1.165) is 12.8 Å². The van der Waals surface area contributed by atoms with E-state index in [9.17, 15) is 9.59 Å². The minimum atomic E-state index is -0.944. The smallest absolute Gasteiger partial charge is 0.326 e. The van der Waals surface area contributed by atoms with Crippen LogP contribution in [0.2, 0.25) is 0 Å². The van der Waals surface area contributed by atoms with Crippen molar-refractivity contribution in [2.45, 2.75) is 52.5 Å². The zero-order chi connectivity index (χ0) is 11.8. The molecule has 0 radical (unpaired) electrons. The standard InChI is InChI=1S/C11H21NO3/c1-4-5-6-9(11(14)15)12-10(13)7-8(2)3/h8-9H,4-7H2,1-3H3,(H,12,13)(H,14,15)/t9-/m0/s1. The van der Waals surface area contributed by atoms with Crippen molar-refractivity contribution >= 4 is 11.9 Å². The van der Waals surface area contributed by atoms with Crippen LogP contribution in [0.1, 0.15) is 46.5 Å². The molecule has 0 aromatic rings. The third-order valence-electron chi connectivity index (χ3n) is 2.07. The van der Waals surface area contributed by atoms with Gasteiger partial charge in [-0.2, -0.15) is 0 Å². The van der Waals surface area contributed by atoms with Gasteiger partial charge in [0, 0.05) is 6.42 Å². The highest BCUT2D eigenvalue weighted by atomic mass is 16.4. The first-order valence-electron chi connectivity index (χ1n) is 5.49. The van der Waals surface area contributed by atoms with E-state index in [4.69, 9.17) is 5.11 Å². The number of aliphatic carboxylic acids is 1. The van der Waals surface area contributed by atoms with Crippen LogP contribution in [-0.2, 0) is 9.59 Å². The molecule has 0 rings (SSSR count). The van der Waals surface area contributed by atoms with Gasteiger partial charge in [-0.15, -0.1) is 0 Å². The van der Waals surface area contributed by atoms with E-state index in [1.165, 1.54) is 0 Å². The van der Waals surface area contributed by atoms with Gasteiger partial charge in [-0.05, 0) is 12.3 Å². The molecule has 1 atom stereocenters. The molecule has 0 fully saturated rings. The van der Waals surface area contributed by atoms with E-state index < -0.39 is 12.0 Å². The number of carbonyl (C=O) groups is 2. The number of unbranched alkanes of at least 4 members (excludes halogenated alkanes) is 1. The predicted molar refractivity (Wildman–Crippen MR) is 58.5 cm³/mol. The number of hydrogen-bond donors (Lipinski definition) is 2. The molecule has 88 valence electrons. The van der Waals surface area contributed by atoms with Crippen LogP contribution in [0.5, 0.6) is 0 Å². The predicted octanol–water partition coefficient (Wildman–Crippen LogP) is 1.79. The third kappa shape index (κ3) is 6.94. The number of rotatable bonds is 7. The molecule has 0 bridgehead atoms. The van der Waals surface area contributed by atoms with Crippen LogP contribution in [0.4, 0.5) is 0 Å². The fourth-order valence-corrected chi connectivity index (χ4v) is 1.29. The summed E-state index contributed by atoms with van der Waals surface area (Å²) in [4.78, 5) is 22.2. The molecule has 0 saturated heterocycles. The average molecular weight is 215 g/mol. The largest absolute Gasteiger partial charge is 0.480 e. The van der Waals surface area contributed by atoms with Crippen molar-refractivity contribution in [2.75, 3.05) is 0 Å². The molecule has 0 unspecified atom stereocenters. The molecule has 0 aliphatic heterocycles. The zero-order valence-corrected chi connectivity index (χ0v) is 9.75. The SMILES string of the molecule is CCCC[C@H](NC(=O)CC(C)C)C(=O)O. The molecule has 0 saturated carbocycles. The minimum Gasteiger partial charge on any atom is -0.480 e. The van der Waals surface area contributed by atoms with E-state index in [1.807, 2.05) is 20.8 Å². The van der Waals surface area contributed by atoms with Gasteiger partial charge >= 0.3 is 5.97 Å². The molecule has 15 heavy (non-hydrogen) atoms. The zero-order valence-electron chi connectivity index (χ0n) is 9.75. The molecular formula is C11H21NO3. The molecule has 0 aliphatic carbocycles.